The van der Waals surface area contributed by atoms with Crippen LogP contribution in [0.5, 0.6) is 0 Å². The smallest absolute Gasteiger partial charge is 0.0503 e. The van der Waals surface area contributed by atoms with E-state index in [0.717, 1.165) is 25.4 Å². The van der Waals surface area contributed by atoms with Crippen molar-refractivity contribution in [2.45, 2.75) is 24.9 Å². The maximum absolute atomic E-state index is 4.19. The van der Waals surface area contributed by atoms with Crippen molar-refractivity contribution in [3.05, 3.63) is 48.3 Å². The van der Waals surface area contributed by atoms with E-state index in [9.17, 15) is 0 Å². The molecule has 0 unspecified atom stereocenters. The Labute approximate surface area is 113 Å². The van der Waals surface area contributed by atoms with E-state index in [-0.39, 0.29) is 0 Å². The maximum Gasteiger partial charge on any atom is 0.0503 e. The Morgan fingerprint density at radius 3 is 2.78 bits per heavy atom. The van der Waals surface area contributed by atoms with E-state index in [2.05, 4.69) is 41.6 Å². The fourth-order valence-electron chi connectivity index (χ4n) is 1.66. The molecule has 3 nitrogen and oxygen atoms in total. The van der Waals surface area contributed by atoms with Crippen molar-refractivity contribution in [3.63, 3.8) is 0 Å². The Hall–Kier alpha value is -1.26. The molecule has 1 aromatic heterocycles. The average molecular weight is 261 g/mol. The van der Waals surface area contributed by atoms with Crippen LogP contribution >= 0.6 is 11.8 Å². The second kappa shape index (κ2) is 7.24. The van der Waals surface area contributed by atoms with Crippen LogP contribution in [-0.2, 0) is 13.1 Å². The average Bonchev–Trinajstić information content (AvgIpc) is 2.91. The van der Waals surface area contributed by atoms with Gasteiger partial charge in [0.25, 0.3) is 0 Å². The summed E-state index contributed by atoms with van der Waals surface area (Å²) in [6.07, 6.45) is 3.82. The van der Waals surface area contributed by atoms with Gasteiger partial charge < -0.3 is 5.32 Å². The summed E-state index contributed by atoms with van der Waals surface area (Å²) in [5.41, 5.74) is 1.34. The van der Waals surface area contributed by atoms with Gasteiger partial charge in [-0.25, -0.2) is 0 Å². The summed E-state index contributed by atoms with van der Waals surface area (Å²) in [6, 6.07) is 10.7. The first kappa shape index (κ1) is 13.2. The van der Waals surface area contributed by atoms with Crippen molar-refractivity contribution in [2.24, 2.45) is 0 Å². The van der Waals surface area contributed by atoms with Gasteiger partial charge in [-0.15, -0.1) is 11.8 Å². The van der Waals surface area contributed by atoms with E-state index in [1.807, 2.05) is 34.9 Å². The maximum atomic E-state index is 4.19. The zero-order valence-electron chi connectivity index (χ0n) is 10.7. The Bertz CT molecular complexity index is 437. The summed E-state index contributed by atoms with van der Waals surface area (Å²) in [6.45, 7) is 5.05. The van der Waals surface area contributed by atoms with Gasteiger partial charge in [-0.05, 0) is 30.3 Å². The third-order valence-corrected chi connectivity index (χ3v) is 3.64. The number of nitrogens with zero attached hydrogens (tertiary/aromatic N) is 2. The van der Waals surface area contributed by atoms with E-state index < -0.39 is 0 Å². The summed E-state index contributed by atoms with van der Waals surface area (Å²) in [4.78, 5) is 1.32. The summed E-state index contributed by atoms with van der Waals surface area (Å²) in [7, 11) is 0. The normalized spacial score (nSPS) is 10.7. The molecule has 0 aliphatic carbocycles. The van der Waals surface area contributed by atoms with Crippen molar-refractivity contribution in [3.8, 4) is 0 Å². The highest BCUT2D eigenvalue weighted by molar-refractivity contribution is 7.99. The van der Waals surface area contributed by atoms with Gasteiger partial charge in [-0.1, -0.05) is 19.1 Å². The predicted octanol–water partition coefficient (Wildman–Crippen LogP) is 2.78. The molecule has 0 radical (unpaired) electrons. The molecule has 0 bridgehead atoms. The van der Waals surface area contributed by atoms with E-state index in [1.54, 1.807) is 0 Å². The molecule has 0 aliphatic rings. The van der Waals surface area contributed by atoms with Crippen LogP contribution in [-0.4, -0.2) is 22.1 Å². The van der Waals surface area contributed by atoms with Crippen LogP contribution in [0.4, 0.5) is 0 Å². The Morgan fingerprint density at radius 1 is 1.28 bits per heavy atom. The van der Waals surface area contributed by atoms with Gasteiger partial charge >= 0.3 is 0 Å². The van der Waals surface area contributed by atoms with Crippen LogP contribution in [0, 0.1) is 0 Å². The lowest BCUT2D eigenvalue weighted by Gasteiger charge is -2.05. The molecule has 1 N–H and O–H groups in total. The topological polar surface area (TPSA) is 29.9 Å². The van der Waals surface area contributed by atoms with Crippen LogP contribution in [0.25, 0.3) is 0 Å². The van der Waals surface area contributed by atoms with Gasteiger partial charge in [0.05, 0.1) is 6.54 Å². The van der Waals surface area contributed by atoms with Crippen LogP contribution in [0.1, 0.15) is 12.5 Å². The number of hydrogen-bond donors (Lipinski definition) is 1. The predicted molar refractivity (Wildman–Crippen MR) is 76.8 cm³/mol. The molecule has 4 heteroatoms. The number of aryl methyl sites for hydroxylation is 1. The quantitative estimate of drug-likeness (QED) is 0.777. The van der Waals surface area contributed by atoms with E-state index in [0.29, 0.717) is 0 Å². The van der Waals surface area contributed by atoms with Crippen molar-refractivity contribution < 1.29 is 0 Å². The molecular weight excluding hydrogens is 242 g/mol. The third kappa shape index (κ3) is 4.20. The Balaban J connectivity index is 1.75. The second-order valence-electron chi connectivity index (χ2n) is 4.04. The lowest BCUT2D eigenvalue weighted by molar-refractivity contribution is 0.666. The molecule has 0 aliphatic heterocycles. The lowest BCUT2D eigenvalue weighted by Crippen LogP contribution is -2.11. The molecule has 2 rings (SSSR count). The van der Waals surface area contributed by atoms with Gasteiger partial charge in [0.2, 0.25) is 0 Å². The van der Waals surface area contributed by atoms with Gasteiger partial charge in [0.1, 0.15) is 0 Å². The standard InChI is InChI=1S/C14H19N3S/c1-2-15-12-13-4-6-14(7-5-13)18-11-10-17-9-3-8-16-17/h3-9,15H,2,10-12H2,1H3. The first-order valence-electron chi connectivity index (χ1n) is 6.28. The van der Waals surface area contributed by atoms with Crippen molar-refractivity contribution in [2.75, 3.05) is 12.3 Å². The molecule has 0 spiro atoms. The third-order valence-electron chi connectivity index (χ3n) is 2.65. The fourth-order valence-corrected chi connectivity index (χ4v) is 2.51. The minimum absolute atomic E-state index is 0.953. The number of benzene rings is 1. The van der Waals surface area contributed by atoms with E-state index in [4.69, 9.17) is 0 Å². The minimum Gasteiger partial charge on any atom is -0.313 e. The zero-order valence-corrected chi connectivity index (χ0v) is 11.5. The SMILES string of the molecule is CCNCc1ccc(SCCn2cccn2)cc1. The van der Waals surface area contributed by atoms with E-state index >= 15 is 0 Å². The number of rotatable bonds is 7. The molecule has 1 heterocycles. The monoisotopic (exact) mass is 261 g/mol. The van der Waals surface area contributed by atoms with Crippen molar-refractivity contribution in [1.29, 1.82) is 0 Å². The summed E-state index contributed by atoms with van der Waals surface area (Å²) >= 11 is 1.87. The molecule has 0 atom stereocenters. The van der Waals surface area contributed by atoms with Crippen LogP contribution < -0.4 is 5.32 Å². The summed E-state index contributed by atoms with van der Waals surface area (Å²) < 4.78 is 1.96. The molecule has 96 valence electrons. The summed E-state index contributed by atoms with van der Waals surface area (Å²) in [5.74, 6) is 1.05. The van der Waals surface area contributed by atoms with Crippen LogP contribution in [0.15, 0.2) is 47.6 Å². The number of nitrogens with one attached hydrogen (secondary N) is 1. The molecule has 2 aromatic rings. The fraction of sp³-hybridized carbons (Fsp3) is 0.357. The molecule has 0 saturated carbocycles. The largest absolute Gasteiger partial charge is 0.313 e. The molecule has 0 amide bonds. The summed E-state index contributed by atoms with van der Waals surface area (Å²) in [5, 5.41) is 7.52. The molecule has 1 aromatic carbocycles. The molecule has 0 fully saturated rings. The lowest BCUT2D eigenvalue weighted by atomic mass is 10.2. The van der Waals surface area contributed by atoms with Gasteiger partial charge in [0.15, 0.2) is 0 Å². The Morgan fingerprint density at radius 2 is 2.11 bits per heavy atom. The first-order valence-corrected chi connectivity index (χ1v) is 7.27. The molecule has 0 saturated heterocycles. The Kier molecular flexibility index (Phi) is 5.30. The highest BCUT2D eigenvalue weighted by Crippen LogP contribution is 2.18. The minimum atomic E-state index is 0.953. The highest BCUT2D eigenvalue weighted by Gasteiger charge is 1.96. The number of thioether (sulfide) groups is 1. The van der Waals surface area contributed by atoms with Gasteiger partial charge in [0, 0.05) is 29.6 Å². The van der Waals surface area contributed by atoms with Crippen molar-refractivity contribution in [1.82, 2.24) is 15.1 Å². The van der Waals surface area contributed by atoms with Crippen molar-refractivity contribution >= 4 is 11.8 Å². The number of hydrogen-bond acceptors (Lipinski definition) is 3. The zero-order chi connectivity index (χ0) is 12.6. The van der Waals surface area contributed by atoms with Crippen LogP contribution in [0.2, 0.25) is 0 Å². The molecule has 18 heavy (non-hydrogen) atoms. The first-order chi connectivity index (χ1) is 8.88. The van der Waals surface area contributed by atoms with Crippen LogP contribution in [0.3, 0.4) is 0 Å². The van der Waals surface area contributed by atoms with Gasteiger partial charge in [-0.2, -0.15) is 5.10 Å². The second-order valence-corrected chi connectivity index (χ2v) is 5.21. The molecular formula is C14H19N3S. The van der Waals surface area contributed by atoms with Gasteiger partial charge in [-0.3, -0.25) is 4.68 Å². The number of aromatic nitrogens is 2. The highest BCUT2D eigenvalue weighted by atomic mass is 32.2. The van der Waals surface area contributed by atoms with E-state index in [1.165, 1.54) is 10.5 Å².